The Labute approximate surface area is 335 Å². The molecule has 58 heavy (non-hydrogen) atoms. The molecule has 5 nitrogen and oxygen atoms in total. The monoisotopic (exact) mass is 758 g/mol. The Morgan fingerprint density at radius 3 is 1.90 bits per heavy atom. The molecule has 0 radical (unpaired) electrons. The SMILES string of the molecule is c1ccc(-n2c3ccccc3c3cccc(-c4cccc5c4sc4cccc(-c6cccc7oc8ccc(-n9c%10ncccc%10c%10cccnc%109)cc8c67)c45)c32)cc1. The standard InChI is InChI=1S/C52H30N4OS/c1-2-12-31(13-3-1)55-43-23-5-4-14-33(43)36-17-6-18-37(49(36)55)38-19-7-20-41-48-35(16-9-25-46(48)58-50(38)41)34-15-8-24-45-47(34)42-30-32(26-27-44(42)57-45)56-51-39(21-10-28-53-51)40-22-11-29-54-52(40)56/h1-30H. The van der Waals surface area contributed by atoms with Gasteiger partial charge in [-0.1, -0.05) is 97.1 Å². The first kappa shape index (κ1) is 31.6. The molecule has 13 rings (SSSR count). The third-order valence-corrected chi connectivity index (χ3v) is 13.0. The molecule has 0 fully saturated rings. The molecule has 0 amide bonds. The molecule has 270 valence electrons. The highest BCUT2D eigenvalue weighted by molar-refractivity contribution is 7.26. The van der Waals surface area contributed by atoms with Crippen LogP contribution in [0.1, 0.15) is 0 Å². The van der Waals surface area contributed by atoms with Crippen molar-refractivity contribution in [3.63, 3.8) is 0 Å². The fraction of sp³-hybridized carbons (Fsp3) is 0. The van der Waals surface area contributed by atoms with Gasteiger partial charge < -0.3 is 8.98 Å². The van der Waals surface area contributed by atoms with Crippen molar-refractivity contribution in [1.82, 2.24) is 19.1 Å². The Hall–Kier alpha value is -7.54. The molecule has 0 spiro atoms. The summed E-state index contributed by atoms with van der Waals surface area (Å²) in [5.74, 6) is 0. The highest BCUT2D eigenvalue weighted by Crippen LogP contribution is 2.48. The number of hydrogen-bond donors (Lipinski definition) is 0. The van der Waals surface area contributed by atoms with E-state index in [4.69, 9.17) is 14.4 Å². The number of nitrogens with zero attached hydrogens (tertiary/aromatic N) is 4. The van der Waals surface area contributed by atoms with E-state index in [1.54, 1.807) is 0 Å². The van der Waals surface area contributed by atoms with Crippen LogP contribution >= 0.6 is 11.3 Å². The average Bonchev–Trinajstić information content (AvgIpc) is 4.04. The molecule has 0 N–H and O–H groups in total. The normalized spacial score (nSPS) is 12.1. The fourth-order valence-corrected chi connectivity index (χ4v) is 10.7. The van der Waals surface area contributed by atoms with Crippen LogP contribution in [0.3, 0.4) is 0 Å². The highest BCUT2D eigenvalue weighted by Gasteiger charge is 2.22. The van der Waals surface area contributed by atoms with Crippen molar-refractivity contribution in [2.24, 2.45) is 0 Å². The summed E-state index contributed by atoms with van der Waals surface area (Å²) < 4.78 is 13.7. The number of pyridine rings is 2. The van der Waals surface area contributed by atoms with Crippen molar-refractivity contribution in [2.75, 3.05) is 0 Å². The third kappa shape index (κ3) is 4.35. The number of aromatic nitrogens is 4. The largest absolute Gasteiger partial charge is 0.456 e. The van der Waals surface area contributed by atoms with Gasteiger partial charge in [0.15, 0.2) is 0 Å². The predicted octanol–water partition coefficient (Wildman–Crippen LogP) is 14.3. The zero-order chi connectivity index (χ0) is 37.9. The number of para-hydroxylation sites is 3. The lowest BCUT2D eigenvalue weighted by Crippen LogP contribution is -1.96. The molecule has 0 aliphatic carbocycles. The first-order chi connectivity index (χ1) is 28.8. The first-order valence-electron chi connectivity index (χ1n) is 19.5. The van der Waals surface area contributed by atoms with Gasteiger partial charge in [0, 0.05) is 81.7 Å². The van der Waals surface area contributed by atoms with E-state index in [2.05, 4.69) is 167 Å². The molecule has 0 saturated heterocycles. The second kappa shape index (κ2) is 12.0. The molecule has 0 atom stereocenters. The second-order valence-electron chi connectivity index (χ2n) is 14.9. The first-order valence-corrected chi connectivity index (χ1v) is 20.3. The van der Waals surface area contributed by atoms with Crippen molar-refractivity contribution >= 4 is 97.3 Å². The van der Waals surface area contributed by atoms with Crippen LogP contribution in [0.5, 0.6) is 0 Å². The summed E-state index contributed by atoms with van der Waals surface area (Å²) in [6.45, 7) is 0. The van der Waals surface area contributed by atoms with Gasteiger partial charge in [-0.05, 0) is 83.9 Å². The summed E-state index contributed by atoms with van der Waals surface area (Å²) in [5, 5.41) is 9.33. The van der Waals surface area contributed by atoms with E-state index >= 15 is 0 Å². The van der Waals surface area contributed by atoms with Gasteiger partial charge in [0.2, 0.25) is 0 Å². The molecule has 7 aromatic carbocycles. The smallest absolute Gasteiger partial charge is 0.146 e. The summed E-state index contributed by atoms with van der Waals surface area (Å²) in [7, 11) is 0. The number of benzene rings is 7. The van der Waals surface area contributed by atoms with E-state index in [9.17, 15) is 0 Å². The highest BCUT2D eigenvalue weighted by atomic mass is 32.1. The number of furan rings is 1. The van der Waals surface area contributed by atoms with Crippen molar-refractivity contribution in [3.8, 4) is 33.6 Å². The Kier molecular flexibility index (Phi) is 6.54. The van der Waals surface area contributed by atoms with Crippen LogP contribution < -0.4 is 0 Å². The molecule has 0 saturated carbocycles. The van der Waals surface area contributed by atoms with Gasteiger partial charge in [0.25, 0.3) is 0 Å². The van der Waals surface area contributed by atoms with Crippen LogP contribution in [0, 0.1) is 0 Å². The van der Waals surface area contributed by atoms with Crippen molar-refractivity contribution in [3.05, 3.63) is 182 Å². The van der Waals surface area contributed by atoms with Gasteiger partial charge in [0.05, 0.1) is 16.7 Å². The number of thiophene rings is 1. The molecule has 0 unspecified atom stereocenters. The molecular formula is C52H30N4OS. The Bertz CT molecular complexity index is 3760. The number of fused-ring (bicyclic) bond motifs is 12. The summed E-state index contributed by atoms with van der Waals surface area (Å²) in [5.41, 5.74) is 12.8. The topological polar surface area (TPSA) is 48.8 Å². The Morgan fingerprint density at radius 2 is 1.07 bits per heavy atom. The van der Waals surface area contributed by atoms with Crippen molar-refractivity contribution in [2.45, 2.75) is 0 Å². The molecular weight excluding hydrogens is 729 g/mol. The minimum absolute atomic E-state index is 0.847. The van der Waals surface area contributed by atoms with Crippen molar-refractivity contribution in [1.29, 1.82) is 0 Å². The van der Waals surface area contributed by atoms with Gasteiger partial charge >= 0.3 is 0 Å². The molecule has 6 heteroatoms. The minimum Gasteiger partial charge on any atom is -0.456 e. The zero-order valence-electron chi connectivity index (χ0n) is 30.9. The Balaban J connectivity index is 1.06. The van der Waals surface area contributed by atoms with Crippen molar-refractivity contribution < 1.29 is 4.42 Å². The van der Waals surface area contributed by atoms with E-state index in [1.165, 1.54) is 58.7 Å². The molecule has 6 aromatic heterocycles. The van der Waals surface area contributed by atoms with Crippen LogP contribution in [0.4, 0.5) is 0 Å². The Morgan fingerprint density at radius 1 is 0.414 bits per heavy atom. The lowest BCUT2D eigenvalue weighted by Gasteiger charge is -2.12. The maximum atomic E-state index is 6.59. The lowest BCUT2D eigenvalue weighted by molar-refractivity contribution is 0.669. The van der Waals surface area contributed by atoms with E-state index in [-0.39, 0.29) is 0 Å². The van der Waals surface area contributed by atoms with Gasteiger partial charge in [0.1, 0.15) is 22.5 Å². The van der Waals surface area contributed by atoms with Crippen LogP contribution in [-0.2, 0) is 0 Å². The maximum absolute atomic E-state index is 6.59. The fourth-order valence-electron chi connectivity index (χ4n) is 9.46. The summed E-state index contributed by atoms with van der Waals surface area (Å²) in [4.78, 5) is 9.65. The molecule has 6 heterocycles. The second-order valence-corrected chi connectivity index (χ2v) is 16.0. The van der Waals surface area contributed by atoms with Crippen LogP contribution in [-0.4, -0.2) is 19.1 Å². The van der Waals surface area contributed by atoms with E-state index in [0.717, 1.165) is 60.9 Å². The molecule has 13 aromatic rings. The van der Waals surface area contributed by atoms with Gasteiger partial charge in [-0.15, -0.1) is 11.3 Å². The van der Waals surface area contributed by atoms with E-state index in [0.29, 0.717) is 0 Å². The van der Waals surface area contributed by atoms with Crippen LogP contribution in [0.2, 0.25) is 0 Å². The van der Waals surface area contributed by atoms with Crippen LogP contribution in [0.15, 0.2) is 187 Å². The third-order valence-electron chi connectivity index (χ3n) is 11.8. The van der Waals surface area contributed by atoms with Gasteiger partial charge in [-0.3, -0.25) is 4.57 Å². The van der Waals surface area contributed by atoms with E-state index in [1.807, 2.05) is 35.9 Å². The van der Waals surface area contributed by atoms with E-state index < -0.39 is 0 Å². The maximum Gasteiger partial charge on any atom is 0.146 e. The quantitative estimate of drug-likeness (QED) is 0.180. The van der Waals surface area contributed by atoms with Crippen LogP contribution in [0.25, 0.3) is 120 Å². The average molecular weight is 759 g/mol. The zero-order valence-corrected chi connectivity index (χ0v) is 31.7. The molecule has 0 aliphatic heterocycles. The predicted molar refractivity (Wildman–Crippen MR) is 242 cm³/mol. The minimum atomic E-state index is 0.847. The number of hydrogen-bond acceptors (Lipinski definition) is 4. The lowest BCUT2D eigenvalue weighted by atomic mass is 9.94. The molecule has 0 bridgehead atoms. The summed E-state index contributed by atoms with van der Waals surface area (Å²) >= 11 is 1.87. The van der Waals surface area contributed by atoms with Gasteiger partial charge in [-0.25, -0.2) is 9.97 Å². The number of rotatable bonds is 4. The molecule has 0 aliphatic rings. The summed E-state index contributed by atoms with van der Waals surface area (Å²) in [6, 6.07) is 60.9. The summed E-state index contributed by atoms with van der Waals surface area (Å²) in [6.07, 6.45) is 3.70. The van der Waals surface area contributed by atoms with Gasteiger partial charge in [-0.2, -0.15) is 0 Å².